The Kier molecular flexibility index (Phi) is 8.14. The highest BCUT2D eigenvalue weighted by Gasteiger charge is 2.23. The quantitative estimate of drug-likeness (QED) is 0.243. The van der Waals surface area contributed by atoms with E-state index in [-0.39, 0.29) is 23.8 Å². The number of nitrogens with one attached hydrogen (secondary N) is 3. The Bertz CT molecular complexity index is 1110. The molecule has 10 nitrogen and oxygen atoms in total. The van der Waals surface area contributed by atoms with Crippen molar-refractivity contribution in [1.29, 1.82) is 0 Å². The summed E-state index contributed by atoms with van der Waals surface area (Å²) in [5.41, 5.74) is 7.22. The molecule has 2 atom stereocenters. The fourth-order valence-electron chi connectivity index (χ4n) is 3.63. The summed E-state index contributed by atoms with van der Waals surface area (Å²) in [6, 6.07) is 11.8. The number of aromatic nitrogens is 5. The molecule has 2 unspecified atom stereocenters. The molecule has 3 heterocycles. The highest BCUT2D eigenvalue weighted by Crippen LogP contribution is 2.25. The molecule has 1 aromatic carbocycles. The van der Waals surface area contributed by atoms with Crippen molar-refractivity contribution >= 4 is 35.0 Å². The van der Waals surface area contributed by atoms with Crippen molar-refractivity contribution in [3.63, 3.8) is 0 Å². The van der Waals surface area contributed by atoms with E-state index >= 15 is 0 Å². The zero-order valence-corrected chi connectivity index (χ0v) is 20.7. The number of hydrazine groups is 1. The normalized spacial score (nSPS) is 16.2. The van der Waals surface area contributed by atoms with Gasteiger partial charge < -0.3 is 10.1 Å². The molecule has 3 aromatic rings. The van der Waals surface area contributed by atoms with Gasteiger partial charge in [-0.2, -0.15) is 5.10 Å². The van der Waals surface area contributed by atoms with E-state index in [1.54, 1.807) is 4.68 Å². The molecule has 180 valence electrons. The molecule has 1 aliphatic heterocycles. The first-order valence-electron chi connectivity index (χ1n) is 11.1. The SMILES string of the molecule is CC(NC(=S)NNC(=O)CSc1nnc(-c2ccn(C)n2)n1CC1CCCO1)c1ccccc1. The maximum absolute atomic E-state index is 12.4. The highest BCUT2D eigenvalue weighted by atomic mass is 32.2. The number of nitrogens with zero attached hydrogens (tertiary/aromatic N) is 5. The third-order valence-electron chi connectivity index (χ3n) is 5.36. The second-order valence-corrected chi connectivity index (χ2v) is 9.34. The molecule has 1 fully saturated rings. The van der Waals surface area contributed by atoms with Crippen LogP contribution < -0.4 is 16.2 Å². The molecule has 0 bridgehead atoms. The molecule has 1 aliphatic rings. The number of amides is 1. The Morgan fingerprint density at radius 1 is 1.26 bits per heavy atom. The van der Waals surface area contributed by atoms with Crippen LogP contribution in [0.15, 0.2) is 47.8 Å². The molecule has 2 aromatic heterocycles. The molecule has 0 spiro atoms. The van der Waals surface area contributed by atoms with E-state index < -0.39 is 0 Å². The Morgan fingerprint density at radius 2 is 2.09 bits per heavy atom. The van der Waals surface area contributed by atoms with Crippen LogP contribution in [0.2, 0.25) is 0 Å². The average molecular weight is 501 g/mol. The van der Waals surface area contributed by atoms with Crippen LogP contribution >= 0.6 is 24.0 Å². The van der Waals surface area contributed by atoms with E-state index in [1.165, 1.54) is 11.8 Å². The minimum absolute atomic E-state index is 0.00820. The van der Waals surface area contributed by atoms with Crippen molar-refractivity contribution in [2.75, 3.05) is 12.4 Å². The Balaban J connectivity index is 1.32. The lowest BCUT2D eigenvalue weighted by atomic mass is 10.1. The fraction of sp³-hybridized carbons (Fsp3) is 0.409. The van der Waals surface area contributed by atoms with Gasteiger partial charge in [0.15, 0.2) is 16.1 Å². The number of carbonyl (C=O) groups excluding carboxylic acids is 1. The van der Waals surface area contributed by atoms with Crippen molar-refractivity contribution < 1.29 is 9.53 Å². The summed E-state index contributed by atoms with van der Waals surface area (Å²) >= 11 is 6.60. The Labute approximate surface area is 207 Å². The molecule has 0 aliphatic carbocycles. The van der Waals surface area contributed by atoms with E-state index in [1.807, 2.05) is 61.1 Å². The van der Waals surface area contributed by atoms with Gasteiger partial charge in [0.25, 0.3) is 0 Å². The first kappa shape index (κ1) is 24.2. The minimum Gasteiger partial charge on any atom is -0.376 e. The van der Waals surface area contributed by atoms with Gasteiger partial charge in [0.05, 0.1) is 24.4 Å². The summed E-state index contributed by atoms with van der Waals surface area (Å²) in [4.78, 5) is 12.4. The molecule has 34 heavy (non-hydrogen) atoms. The summed E-state index contributed by atoms with van der Waals surface area (Å²) < 4.78 is 9.52. The highest BCUT2D eigenvalue weighted by molar-refractivity contribution is 7.99. The van der Waals surface area contributed by atoms with Crippen LogP contribution in [-0.4, -0.2) is 54.0 Å². The van der Waals surface area contributed by atoms with Gasteiger partial charge in [-0.1, -0.05) is 42.1 Å². The van der Waals surface area contributed by atoms with Gasteiger partial charge in [0.1, 0.15) is 5.69 Å². The topological polar surface area (TPSA) is 111 Å². The lowest BCUT2D eigenvalue weighted by Crippen LogP contribution is -2.47. The van der Waals surface area contributed by atoms with E-state index in [4.69, 9.17) is 17.0 Å². The molecule has 0 saturated carbocycles. The van der Waals surface area contributed by atoms with Crippen LogP contribution in [0, 0.1) is 0 Å². The zero-order valence-electron chi connectivity index (χ0n) is 19.1. The molecular weight excluding hydrogens is 472 g/mol. The van der Waals surface area contributed by atoms with E-state index in [0.29, 0.717) is 22.6 Å². The number of carbonyl (C=O) groups is 1. The van der Waals surface area contributed by atoms with E-state index in [0.717, 1.165) is 30.7 Å². The number of thioether (sulfide) groups is 1. The molecule has 12 heteroatoms. The lowest BCUT2D eigenvalue weighted by molar-refractivity contribution is -0.119. The van der Waals surface area contributed by atoms with E-state index in [2.05, 4.69) is 31.5 Å². The summed E-state index contributed by atoms with van der Waals surface area (Å²) in [5, 5.41) is 17.2. The second kappa shape index (κ2) is 11.4. The van der Waals surface area contributed by atoms with Crippen molar-refractivity contribution in [2.24, 2.45) is 7.05 Å². The maximum Gasteiger partial charge on any atom is 0.248 e. The first-order valence-corrected chi connectivity index (χ1v) is 12.5. The van der Waals surface area contributed by atoms with Gasteiger partial charge >= 0.3 is 0 Å². The third-order valence-corrected chi connectivity index (χ3v) is 6.55. The summed E-state index contributed by atoms with van der Waals surface area (Å²) in [5.74, 6) is 0.584. The van der Waals surface area contributed by atoms with Gasteiger partial charge in [-0.05, 0) is 43.6 Å². The van der Waals surface area contributed by atoms with Gasteiger partial charge in [-0.25, -0.2) is 0 Å². The van der Waals surface area contributed by atoms with Gasteiger partial charge in [-0.15, -0.1) is 10.2 Å². The number of hydrogen-bond acceptors (Lipinski definition) is 7. The Hall–Kier alpha value is -2.96. The van der Waals surface area contributed by atoms with Gasteiger partial charge in [0, 0.05) is 19.9 Å². The van der Waals surface area contributed by atoms with Crippen LogP contribution in [-0.2, 0) is 23.1 Å². The Morgan fingerprint density at radius 3 is 2.79 bits per heavy atom. The second-order valence-electron chi connectivity index (χ2n) is 7.99. The number of hydrogen-bond donors (Lipinski definition) is 3. The van der Waals surface area contributed by atoms with Crippen molar-refractivity contribution in [1.82, 2.24) is 40.7 Å². The van der Waals surface area contributed by atoms with Crippen molar-refractivity contribution in [2.45, 2.75) is 43.6 Å². The molecule has 1 amide bonds. The largest absolute Gasteiger partial charge is 0.376 e. The summed E-state index contributed by atoms with van der Waals surface area (Å²) in [6.45, 7) is 3.38. The number of benzene rings is 1. The van der Waals surface area contributed by atoms with Gasteiger partial charge in [0.2, 0.25) is 5.91 Å². The number of aryl methyl sites for hydroxylation is 1. The summed E-state index contributed by atoms with van der Waals surface area (Å²) in [6.07, 6.45) is 3.99. The predicted octanol–water partition coefficient (Wildman–Crippen LogP) is 2.21. The summed E-state index contributed by atoms with van der Waals surface area (Å²) in [7, 11) is 1.86. The minimum atomic E-state index is -0.229. The fourth-order valence-corrected chi connectivity index (χ4v) is 4.60. The van der Waals surface area contributed by atoms with Crippen LogP contribution in [0.5, 0.6) is 0 Å². The first-order chi connectivity index (χ1) is 16.5. The van der Waals surface area contributed by atoms with E-state index in [9.17, 15) is 4.79 Å². The van der Waals surface area contributed by atoms with Crippen LogP contribution in [0.3, 0.4) is 0 Å². The number of rotatable bonds is 8. The third kappa shape index (κ3) is 6.33. The standard InChI is InChI=1S/C22H28N8O2S2/c1-15(16-7-4-3-5-8-16)23-21(33)26-24-19(31)14-34-22-27-25-20(18-10-11-29(2)28-18)30(22)13-17-9-6-12-32-17/h3-5,7-8,10-11,15,17H,6,9,12-14H2,1-2H3,(H,24,31)(H2,23,26,33). The maximum atomic E-state index is 12.4. The van der Waals surface area contributed by atoms with Crippen LogP contribution in [0.25, 0.3) is 11.5 Å². The number of ether oxygens (including phenoxy) is 1. The smallest absolute Gasteiger partial charge is 0.248 e. The molecule has 0 radical (unpaired) electrons. The average Bonchev–Trinajstić information content (AvgIpc) is 3.59. The molecular formula is C22H28N8O2S2. The van der Waals surface area contributed by atoms with Crippen molar-refractivity contribution in [3.05, 3.63) is 48.2 Å². The van der Waals surface area contributed by atoms with Crippen LogP contribution in [0.4, 0.5) is 0 Å². The van der Waals surface area contributed by atoms with Gasteiger partial charge in [-0.3, -0.25) is 24.9 Å². The monoisotopic (exact) mass is 500 g/mol. The molecule has 3 N–H and O–H groups in total. The lowest BCUT2D eigenvalue weighted by Gasteiger charge is -2.17. The molecule has 1 saturated heterocycles. The van der Waals surface area contributed by atoms with Crippen molar-refractivity contribution in [3.8, 4) is 11.5 Å². The number of thiocarbonyl (C=S) groups is 1. The predicted molar refractivity (Wildman–Crippen MR) is 134 cm³/mol. The zero-order chi connectivity index (χ0) is 23.9. The molecule has 4 rings (SSSR count). The van der Waals surface area contributed by atoms with Crippen LogP contribution in [0.1, 0.15) is 31.4 Å².